The highest BCUT2D eigenvalue weighted by atomic mass is 79.9. The van der Waals surface area contributed by atoms with Crippen LogP contribution in [0.1, 0.15) is 19.4 Å². The Balaban J connectivity index is 2.49. The summed E-state index contributed by atoms with van der Waals surface area (Å²) in [5.41, 5.74) is 2.56. The number of ether oxygens (including phenoxy) is 1. The Kier molecular flexibility index (Phi) is 5.76. The Morgan fingerprint density at radius 2 is 2.05 bits per heavy atom. The van der Waals surface area contributed by atoms with Gasteiger partial charge >= 0.3 is 5.97 Å². The summed E-state index contributed by atoms with van der Waals surface area (Å²) in [6, 6.07) is 5.47. The van der Waals surface area contributed by atoms with E-state index in [1.165, 1.54) is 6.08 Å². The molecule has 19 heavy (non-hydrogen) atoms. The molecule has 0 bridgehead atoms. The maximum atomic E-state index is 11.6. The van der Waals surface area contributed by atoms with E-state index in [4.69, 9.17) is 4.74 Å². The van der Waals surface area contributed by atoms with Crippen molar-refractivity contribution in [1.82, 2.24) is 0 Å². The number of aryl methyl sites for hydroxylation is 1. The van der Waals surface area contributed by atoms with Crippen LogP contribution < -0.4 is 5.32 Å². The van der Waals surface area contributed by atoms with Crippen LogP contribution in [0.3, 0.4) is 0 Å². The topological polar surface area (TPSA) is 55.4 Å². The predicted octanol–water partition coefficient (Wildman–Crippen LogP) is 3.21. The van der Waals surface area contributed by atoms with Gasteiger partial charge in [-0.1, -0.05) is 27.6 Å². The standard InChI is InChI=1S/C14H16BrNO3/c1-9(2)6-14(18)19-8-13(17)16-11-5-4-10(3)12(15)7-11/h4-7H,8H2,1-3H3,(H,16,17). The molecule has 0 radical (unpaired) electrons. The van der Waals surface area contributed by atoms with Crippen molar-refractivity contribution in [2.45, 2.75) is 20.8 Å². The minimum absolute atomic E-state index is 0.298. The van der Waals surface area contributed by atoms with E-state index in [9.17, 15) is 9.59 Å². The van der Waals surface area contributed by atoms with Crippen molar-refractivity contribution in [3.8, 4) is 0 Å². The van der Waals surface area contributed by atoms with Crippen LogP contribution >= 0.6 is 15.9 Å². The van der Waals surface area contributed by atoms with E-state index in [-0.39, 0.29) is 12.5 Å². The lowest BCUT2D eigenvalue weighted by molar-refractivity contribution is -0.142. The third-order valence-corrected chi connectivity index (χ3v) is 3.06. The maximum Gasteiger partial charge on any atom is 0.331 e. The van der Waals surface area contributed by atoms with Crippen LogP contribution in [0.2, 0.25) is 0 Å². The number of rotatable bonds is 4. The number of anilines is 1. The number of benzene rings is 1. The first kappa shape index (κ1) is 15.4. The van der Waals surface area contributed by atoms with Crippen LogP contribution in [0.15, 0.2) is 34.3 Å². The summed E-state index contributed by atoms with van der Waals surface area (Å²) in [6.07, 6.45) is 1.34. The Labute approximate surface area is 121 Å². The maximum absolute atomic E-state index is 11.6. The minimum Gasteiger partial charge on any atom is -0.452 e. The van der Waals surface area contributed by atoms with E-state index in [0.717, 1.165) is 15.6 Å². The number of carbonyl (C=O) groups excluding carboxylic acids is 2. The van der Waals surface area contributed by atoms with Gasteiger partial charge in [0.15, 0.2) is 6.61 Å². The molecule has 0 fully saturated rings. The summed E-state index contributed by atoms with van der Waals surface area (Å²) in [5, 5.41) is 2.65. The van der Waals surface area contributed by atoms with Gasteiger partial charge in [-0.3, -0.25) is 4.79 Å². The van der Waals surface area contributed by atoms with Crippen molar-refractivity contribution >= 4 is 33.5 Å². The van der Waals surface area contributed by atoms with Crippen molar-refractivity contribution in [3.63, 3.8) is 0 Å². The smallest absolute Gasteiger partial charge is 0.331 e. The second kappa shape index (κ2) is 7.09. The van der Waals surface area contributed by atoms with Gasteiger partial charge in [-0.15, -0.1) is 0 Å². The molecule has 0 unspecified atom stereocenters. The second-order valence-electron chi connectivity index (χ2n) is 4.34. The van der Waals surface area contributed by atoms with E-state index in [2.05, 4.69) is 21.2 Å². The molecular formula is C14H16BrNO3. The summed E-state index contributed by atoms with van der Waals surface area (Å²) < 4.78 is 5.71. The number of halogens is 1. The third-order valence-electron chi connectivity index (χ3n) is 2.21. The zero-order valence-electron chi connectivity index (χ0n) is 11.1. The average Bonchev–Trinajstić information content (AvgIpc) is 2.30. The summed E-state index contributed by atoms with van der Waals surface area (Å²) >= 11 is 3.38. The molecule has 0 saturated heterocycles. The molecule has 0 aliphatic rings. The first-order valence-corrected chi connectivity index (χ1v) is 6.55. The predicted molar refractivity (Wildman–Crippen MR) is 77.9 cm³/mol. The van der Waals surface area contributed by atoms with E-state index < -0.39 is 5.97 Å². The average molecular weight is 326 g/mol. The molecule has 0 aromatic heterocycles. The Bertz CT molecular complexity index is 519. The molecule has 1 aromatic rings. The van der Waals surface area contributed by atoms with Crippen LogP contribution in [0, 0.1) is 6.92 Å². The van der Waals surface area contributed by atoms with Gasteiger partial charge in [0.2, 0.25) is 0 Å². The van der Waals surface area contributed by atoms with E-state index in [0.29, 0.717) is 5.69 Å². The zero-order chi connectivity index (χ0) is 14.4. The molecule has 1 aromatic carbocycles. The van der Waals surface area contributed by atoms with Gasteiger partial charge in [0.05, 0.1) is 0 Å². The molecule has 1 rings (SSSR count). The van der Waals surface area contributed by atoms with Gasteiger partial charge < -0.3 is 10.1 Å². The van der Waals surface area contributed by atoms with Crippen LogP contribution in [0.5, 0.6) is 0 Å². The highest BCUT2D eigenvalue weighted by Gasteiger charge is 2.06. The van der Waals surface area contributed by atoms with E-state index >= 15 is 0 Å². The molecular weight excluding hydrogens is 310 g/mol. The minimum atomic E-state index is -0.514. The zero-order valence-corrected chi connectivity index (χ0v) is 12.7. The molecule has 1 N–H and O–H groups in total. The third kappa shape index (κ3) is 5.70. The van der Waals surface area contributed by atoms with E-state index in [1.54, 1.807) is 26.0 Å². The number of esters is 1. The number of allylic oxidation sites excluding steroid dienone is 1. The number of hydrogen-bond donors (Lipinski definition) is 1. The number of amides is 1. The molecule has 0 saturated carbocycles. The largest absolute Gasteiger partial charge is 0.452 e. The summed E-state index contributed by atoms with van der Waals surface area (Å²) in [4.78, 5) is 22.8. The fraction of sp³-hybridized carbons (Fsp3) is 0.286. The molecule has 0 aliphatic carbocycles. The highest BCUT2D eigenvalue weighted by molar-refractivity contribution is 9.10. The fourth-order valence-electron chi connectivity index (χ4n) is 1.28. The van der Waals surface area contributed by atoms with Crippen LogP contribution in [0.25, 0.3) is 0 Å². The van der Waals surface area contributed by atoms with Gasteiger partial charge in [-0.05, 0) is 38.5 Å². The SMILES string of the molecule is CC(C)=CC(=O)OCC(=O)Nc1ccc(C)c(Br)c1. The Morgan fingerprint density at radius 3 is 2.63 bits per heavy atom. The fourth-order valence-corrected chi connectivity index (χ4v) is 1.66. The molecule has 102 valence electrons. The highest BCUT2D eigenvalue weighted by Crippen LogP contribution is 2.20. The summed E-state index contributed by atoms with van der Waals surface area (Å²) in [6.45, 7) is 5.22. The van der Waals surface area contributed by atoms with Crippen molar-refractivity contribution in [2.24, 2.45) is 0 Å². The summed E-state index contributed by atoms with van der Waals surface area (Å²) in [5.74, 6) is -0.883. The molecule has 4 nitrogen and oxygen atoms in total. The molecule has 0 atom stereocenters. The van der Waals surface area contributed by atoms with Crippen molar-refractivity contribution in [3.05, 3.63) is 39.9 Å². The monoisotopic (exact) mass is 325 g/mol. The van der Waals surface area contributed by atoms with E-state index in [1.807, 2.05) is 13.0 Å². The van der Waals surface area contributed by atoms with Gasteiger partial charge in [0.1, 0.15) is 0 Å². The quantitative estimate of drug-likeness (QED) is 0.683. The first-order chi connectivity index (χ1) is 8.88. The molecule has 0 aliphatic heterocycles. The van der Waals surface area contributed by atoms with Crippen molar-refractivity contribution < 1.29 is 14.3 Å². The number of nitrogens with one attached hydrogen (secondary N) is 1. The lowest BCUT2D eigenvalue weighted by Crippen LogP contribution is -2.20. The lowest BCUT2D eigenvalue weighted by Gasteiger charge is -2.07. The molecule has 0 spiro atoms. The summed E-state index contributed by atoms with van der Waals surface area (Å²) in [7, 11) is 0. The van der Waals surface area contributed by atoms with Gasteiger partial charge in [-0.25, -0.2) is 4.79 Å². The lowest BCUT2D eigenvalue weighted by atomic mass is 10.2. The Morgan fingerprint density at radius 1 is 1.37 bits per heavy atom. The van der Waals surface area contributed by atoms with Crippen LogP contribution in [-0.4, -0.2) is 18.5 Å². The first-order valence-electron chi connectivity index (χ1n) is 5.76. The number of carbonyl (C=O) groups is 2. The Hall–Kier alpha value is -1.62. The number of hydrogen-bond acceptors (Lipinski definition) is 3. The van der Waals surface area contributed by atoms with Crippen LogP contribution in [-0.2, 0) is 14.3 Å². The van der Waals surface area contributed by atoms with Crippen molar-refractivity contribution in [2.75, 3.05) is 11.9 Å². The molecule has 5 heteroatoms. The van der Waals surface area contributed by atoms with Crippen LogP contribution in [0.4, 0.5) is 5.69 Å². The van der Waals surface area contributed by atoms with Gasteiger partial charge in [-0.2, -0.15) is 0 Å². The van der Waals surface area contributed by atoms with Gasteiger partial charge in [0.25, 0.3) is 5.91 Å². The molecule has 1 amide bonds. The molecule has 0 heterocycles. The van der Waals surface area contributed by atoms with Crippen molar-refractivity contribution in [1.29, 1.82) is 0 Å². The second-order valence-corrected chi connectivity index (χ2v) is 5.20. The normalized spacial score (nSPS) is 9.68. The van der Waals surface area contributed by atoms with Gasteiger partial charge in [0, 0.05) is 16.2 Å².